The summed E-state index contributed by atoms with van der Waals surface area (Å²) in [5.74, 6) is -1.13. The fourth-order valence-electron chi connectivity index (χ4n) is 3.04. The normalized spacial score (nSPS) is 14.2. The second-order valence-electron chi connectivity index (χ2n) is 6.44. The van der Waals surface area contributed by atoms with Gasteiger partial charge in [0.2, 0.25) is 0 Å². The molecule has 28 heavy (non-hydrogen) atoms. The van der Waals surface area contributed by atoms with E-state index in [9.17, 15) is 22.8 Å². The highest BCUT2D eigenvalue weighted by Crippen LogP contribution is 2.36. The van der Waals surface area contributed by atoms with Crippen molar-refractivity contribution in [1.29, 1.82) is 0 Å². The van der Waals surface area contributed by atoms with E-state index in [1.54, 1.807) is 6.92 Å². The van der Waals surface area contributed by atoms with E-state index in [-0.39, 0.29) is 11.3 Å². The Balaban J connectivity index is 1.72. The number of carbonyl (C=O) groups is 2. The number of halogens is 3. The van der Waals surface area contributed by atoms with E-state index in [2.05, 4.69) is 5.32 Å². The van der Waals surface area contributed by atoms with Crippen molar-refractivity contribution >= 4 is 23.3 Å². The Morgan fingerprint density at radius 2 is 1.93 bits per heavy atom. The van der Waals surface area contributed by atoms with Crippen LogP contribution < -0.4 is 10.2 Å². The van der Waals surface area contributed by atoms with Crippen LogP contribution >= 0.6 is 0 Å². The van der Waals surface area contributed by atoms with Crippen LogP contribution in [0.25, 0.3) is 0 Å². The number of benzene rings is 1. The summed E-state index contributed by atoms with van der Waals surface area (Å²) in [6.07, 6.45) is -1.36. The van der Waals surface area contributed by atoms with E-state index in [1.807, 2.05) is 4.90 Å². The molecule has 150 valence electrons. The molecule has 1 aliphatic heterocycles. The first-order valence-corrected chi connectivity index (χ1v) is 8.73. The molecule has 3 rings (SSSR count). The average Bonchev–Trinajstić information content (AvgIpc) is 3.30. The third kappa shape index (κ3) is 4.47. The van der Waals surface area contributed by atoms with Gasteiger partial charge in [0, 0.05) is 13.1 Å². The van der Waals surface area contributed by atoms with Crippen molar-refractivity contribution in [2.24, 2.45) is 0 Å². The molecule has 0 aliphatic carbocycles. The van der Waals surface area contributed by atoms with Crippen LogP contribution in [-0.4, -0.2) is 31.6 Å². The van der Waals surface area contributed by atoms with Gasteiger partial charge >= 0.3 is 12.1 Å². The lowest BCUT2D eigenvalue weighted by atomic mass is 10.1. The summed E-state index contributed by atoms with van der Waals surface area (Å²) in [6.45, 7) is 2.34. The van der Waals surface area contributed by atoms with E-state index >= 15 is 0 Å². The largest absolute Gasteiger partial charge is 0.469 e. The Kier molecular flexibility index (Phi) is 5.62. The first-order valence-electron chi connectivity index (χ1n) is 8.73. The summed E-state index contributed by atoms with van der Waals surface area (Å²) in [7, 11) is 0. The molecule has 2 aromatic rings. The van der Waals surface area contributed by atoms with Gasteiger partial charge in [-0.25, -0.2) is 4.79 Å². The number of esters is 1. The van der Waals surface area contributed by atoms with E-state index < -0.39 is 30.2 Å². The predicted molar refractivity (Wildman–Crippen MR) is 95.2 cm³/mol. The Morgan fingerprint density at radius 3 is 2.54 bits per heavy atom. The van der Waals surface area contributed by atoms with Crippen molar-refractivity contribution in [1.82, 2.24) is 0 Å². The third-order valence-corrected chi connectivity index (χ3v) is 4.46. The van der Waals surface area contributed by atoms with Gasteiger partial charge in [-0.2, -0.15) is 13.2 Å². The number of rotatable bonds is 5. The quantitative estimate of drug-likeness (QED) is 0.774. The second kappa shape index (κ2) is 7.95. The summed E-state index contributed by atoms with van der Waals surface area (Å²) in [5, 5.41) is 2.43. The van der Waals surface area contributed by atoms with Crippen LogP contribution in [0.5, 0.6) is 0 Å². The Bertz CT molecular complexity index is 870. The summed E-state index contributed by atoms with van der Waals surface area (Å²) < 4.78 is 49.1. The molecule has 0 atom stereocenters. The molecule has 1 aliphatic rings. The molecule has 0 bridgehead atoms. The van der Waals surface area contributed by atoms with Crippen LogP contribution in [-0.2, 0) is 15.7 Å². The molecule has 0 radical (unpaired) electrons. The van der Waals surface area contributed by atoms with Crippen molar-refractivity contribution in [3.8, 4) is 0 Å². The maximum atomic E-state index is 13.1. The Morgan fingerprint density at radius 1 is 1.21 bits per heavy atom. The second-order valence-corrected chi connectivity index (χ2v) is 6.44. The zero-order chi connectivity index (χ0) is 20.3. The highest BCUT2D eigenvalue weighted by Gasteiger charge is 2.32. The molecule has 1 saturated heterocycles. The molecule has 1 aromatic heterocycles. The van der Waals surface area contributed by atoms with Crippen molar-refractivity contribution < 1.29 is 31.9 Å². The van der Waals surface area contributed by atoms with E-state index in [0.717, 1.165) is 25.0 Å². The molecule has 9 heteroatoms. The SMILES string of the molecule is Cc1occc1C(=O)OCC(=O)Nc1cc(C(F)(F)F)ccc1N1CCCC1. The maximum absolute atomic E-state index is 13.1. The summed E-state index contributed by atoms with van der Waals surface area (Å²) >= 11 is 0. The molecule has 2 heterocycles. The van der Waals surface area contributed by atoms with Gasteiger partial charge in [-0.15, -0.1) is 0 Å². The summed E-state index contributed by atoms with van der Waals surface area (Å²) in [6, 6.07) is 4.65. The fraction of sp³-hybridized carbons (Fsp3) is 0.368. The van der Waals surface area contributed by atoms with Gasteiger partial charge < -0.3 is 19.4 Å². The maximum Gasteiger partial charge on any atom is 0.416 e. The lowest BCUT2D eigenvalue weighted by Crippen LogP contribution is -2.24. The molecular weight excluding hydrogens is 377 g/mol. The summed E-state index contributed by atoms with van der Waals surface area (Å²) in [4.78, 5) is 26.0. The first kappa shape index (κ1) is 19.8. The average molecular weight is 396 g/mol. The van der Waals surface area contributed by atoms with Gasteiger partial charge in [0.1, 0.15) is 11.3 Å². The van der Waals surface area contributed by atoms with Crippen molar-refractivity contribution in [2.75, 3.05) is 29.9 Å². The van der Waals surface area contributed by atoms with Crippen LogP contribution in [0.2, 0.25) is 0 Å². The monoisotopic (exact) mass is 396 g/mol. The number of nitrogens with zero attached hydrogens (tertiary/aromatic N) is 1. The number of hydrogen-bond donors (Lipinski definition) is 1. The Hall–Kier alpha value is -2.97. The number of ether oxygens (including phenoxy) is 1. The van der Waals surface area contributed by atoms with Gasteiger partial charge in [-0.1, -0.05) is 0 Å². The third-order valence-electron chi connectivity index (χ3n) is 4.46. The van der Waals surface area contributed by atoms with Crippen LogP contribution in [0, 0.1) is 6.92 Å². The molecule has 0 saturated carbocycles. The number of amides is 1. The Labute approximate surface area is 159 Å². The van der Waals surface area contributed by atoms with Crippen LogP contribution in [0.4, 0.5) is 24.5 Å². The standard InChI is InChI=1S/C19H19F3N2O4/c1-12-14(6-9-27-12)18(26)28-11-17(25)23-15-10-13(19(20,21)22)4-5-16(15)24-7-2-3-8-24/h4-6,9-10H,2-3,7-8,11H2,1H3,(H,23,25). The lowest BCUT2D eigenvalue weighted by Gasteiger charge is -2.23. The van der Waals surface area contributed by atoms with E-state index in [0.29, 0.717) is 24.5 Å². The number of alkyl halides is 3. The van der Waals surface area contributed by atoms with Crippen LogP contribution in [0.1, 0.15) is 34.5 Å². The fourth-order valence-corrected chi connectivity index (χ4v) is 3.04. The van der Waals surface area contributed by atoms with Crippen LogP contribution in [0.3, 0.4) is 0 Å². The van der Waals surface area contributed by atoms with Crippen molar-refractivity contribution in [3.05, 3.63) is 47.4 Å². The highest BCUT2D eigenvalue weighted by molar-refractivity contribution is 5.98. The minimum atomic E-state index is -4.53. The van der Waals surface area contributed by atoms with E-state index in [1.165, 1.54) is 18.4 Å². The number of nitrogens with one attached hydrogen (secondary N) is 1. The first-order chi connectivity index (χ1) is 13.3. The summed E-state index contributed by atoms with van der Waals surface area (Å²) in [5.41, 5.74) is -0.130. The molecule has 0 unspecified atom stereocenters. The van der Waals surface area contributed by atoms with E-state index in [4.69, 9.17) is 9.15 Å². The number of furan rings is 1. The van der Waals surface area contributed by atoms with Gasteiger partial charge in [0.25, 0.3) is 5.91 Å². The lowest BCUT2D eigenvalue weighted by molar-refractivity contribution is -0.137. The van der Waals surface area contributed by atoms with Gasteiger partial charge in [0.15, 0.2) is 6.61 Å². The molecule has 1 aromatic carbocycles. The molecule has 1 N–H and O–H groups in total. The number of carbonyl (C=O) groups excluding carboxylic acids is 2. The highest BCUT2D eigenvalue weighted by atomic mass is 19.4. The molecular formula is C19H19F3N2O4. The topological polar surface area (TPSA) is 71.8 Å². The number of hydrogen-bond acceptors (Lipinski definition) is 5. The van der Waals surface area contributed by atoms with Crippen molar-refractivity contribution in [2.45, 2.75) is 25.9 Å². The van der Waals surface area contributed by atoms with Gasteiger partial charge in [-0.3, -0.25) is 4.79 Å². The van der Waals surface area contributed by atoms with Gasteiger partial charge in [0.05, 0.1) is 23.2 Å². The molecule has 0 spiro atoms. The zero-order valence-electron chi connectivity index (χ0n) is 15.1. The molecule has 6 nitrogen and oxygen atoms in total. The zero-order valence-corrected chi connectivity index (χ0v) is 15.1. The predicted octanol–water partition coefficient (Wildman–Crippen LogP) is 4.00. The smallest absolute Gasteiger partial charge is 0.416 e. The number of aryl methyl sites for hydroxylation is 1. The van der Waals surface area contributed by atoms with Gasteiger partial charge in [-0.05, 0) is 44.0 Å². The molecule has 1 fully saturated rings. The minimum absolute atomic E-state index is 0.0391. The minimum Gasteiger partial charge on any atom is -0.469 e. The van der Waals surface area contributed by atoms with Crippen molar-refractivity contribution in [3.63, 3.8) is 0 Å². The van der Waals surface area contributed by atoms with Crippen LogP contribution in [0.15, 0.2) is 34.9 Å². The molecule has 1 amide bonds. The number of anilines is 2.